The van der Waals surface area contributed by atoms with Crippen LogP contribution >= 0.6 is 23.1 Å². The van der Waals surface area contributed by atoms with Crippen LogP contribution in [0.15, 0.2) is 51.7 Å². The molecule has 3 aromatic rings. The molecule has 4 rings (SSSR count). The van der Waals surface area contributed by atoms with Gasteiger partial charge < -0.3 is 19.7 Å². The van der Waals surface area contributed by atoms with E-state index < -0.39 is 6.10 Å². The highest BCUT2D eigenvalue weighted by Gasteiger charge is 2.13. The maximum Gasteiger partial charge on any atom is 0.178 e. The molecule has 1 aliphatic heterocycles. The molecule has 0 saturated carbocycles. The van der Waals surface area contributed by atoms with E-state index in [0.717, 1.165) is 39.6 Å². The van der Waals surface area contributed by atoms with Gasteiger partial charge in [-0.3, -0.25) is 0 Å². The molecule has 0 saturated heterocycles. The fourth-order valence-corrected chi connectivity index (χ4v) is 4.52. The van der Waals surface area contributed by atoms with E-state index in [0.29, 0.717) is 12.5 Å². The van der Waals surface area contributed by atoms with Crippen molar-refractivity contribution in [3.05, 3.63) is 47.2 Å². The van der Waals surface area contributed by atoms with E-state index in [9.17, 15) is 5.11 Å². The van der Waals surface area contributed by atoms with Gasteiger partial charge in [0.2, 0.25) is 0 Å². The Morgan fingerprint density at radius 2 is 2.19 bits per heavy atom. The number of benzene rings is 1. The van der Waals surface area contributed by atoms with Crippen LogP contribution in [-0.2, 0) is 0 Å². The van der Waals surface area contributed by atoms with Crippen LogP contribution < -0.4 is 10.1 Å². The van der Waals surface area contributed by atoms with Crippen molar-refractivity contribution in [1.82, 2.24) is 10.5 Å². The summed E-state index contributed by atoms with van der Waals surface area (Å²) in [5.74, 6) is 2.41. The fourth-order valence-electron chi connectivity index (χ4n) is 2.79. The molecular weight excluding hydrogens is 368 g/mol. The third-order valence-electron chi connectivity index (χ3n) is 4.19. The van der Waals surface area contributed by atoms with Crippen LogP contribution in [0.3, 0.4) is 0 Å². The number of aliphatic hydroxyl groups is 1. The maximum absolute atomic E-state index is 10.1. The summed E-state index contributed by atoms with van der Waals surface area (Å²) in [6.45, 7) is 1.69. The Labute approximate surface area is 160 Å². The van der Waals surface area contributed by atoms with Crippen LogP contribution in [0.25, 0.3) is 21.5 Å². The zero-order chi connectivity index (χ0) is 17.8. The van der Waals surface area contributed by atoms with Crippen molar-refractivity contribution in [2.75, 3.05) is 25.4 Å². The van der Waals surface area contributed by atoms with Crippen molar-refractivity contribution in [1.29, 1.82) is 0 Å². The predicted molar refractivity (Wildman–Crippen MR) is 107 cm³/mol. The van der Waals surface area contributed by atoms with Gasteiger partial charge in [-0.25, -0.2) is 0 Å². The zero-order valence-corrected chi connectivity index (χ0v) is 15.8. The summed E-state index contributed by atoms with van der Waals surface area (Å²) >= 11 is 3.45. The first-order valence-electron chi connectivity index (χ1n) is 8.53. The van der Waals surface area contributed by atoms with E-state index >= 15 is 0 Å². The molecule has 136 valence electrons. The molecule has 26 heavy (non-hydrogen) atoms. The Morgan fingerprint density at radius 3 is 3.00 bits per heavy atom. The molecular formula is C19H20N2O3S2. The average Bonchev–Trinajstić information content (AvgIpc) is 3.39. The van der Waals surface area contributed by atoms with Crippen molar-refractivity contribution in [3.63, 3.8) is 0 Å². The Morgan fingerprint density at radius 1 is 1.31 bits per heavy atom. The van der Waals surface area contributed by atoms with Gasteiger partial charge in [0.15, 0.2) is 5.58 Å². The normalized spacial score (nSPS) is 17.8. The SMILES string of the molecule is O[C@H](CNCC1C=CSC1)COc1ccc(-c2noc3ccsc23)cc1. The summed E-state index contributed by atoms with van der Waals surface area (Å²) in [4.78, 5) is 0. The molecule has 2 aromatic heterocycles. The van der Waals surface area contributed by atoms with Crippen LogP contribution in [0.4, 0.5) is 0 Å². The van der Waals surface area contributed by atoms with Crippen molar-refractivity contribution < 1.29 is 14.4 Å². The number of rotatable bonds is 8. The monoisotopic (exact) mass is 388 g/mol. The highest BCUT2D eigenvalue weighted by molar-refractivity contribution is 8.02. The van der Waals surface area contributed by atoms with Gasteiger partial charge in [0, 0.05) is 24.4 Å². The van der Waals surface area contributed by atoms with Crippen molar-refractivity contribution in [2.45, 2.75) is 6.10 Å². The van der Waals surface area contributed by atoms with Gasteiger partial charge in [0.1, 0.15) is 28.9 Å². The van der Waals surface area contributed by atoms with E-state index in [4.69, 9.17) is 9.26 Å². The van der Waals surface area contributed by atoms with Crippen LogP contribution in [-0.4, -0.2) is 41.8 Å². The summed E-state index contributed by atoms with van der Waals surface area (Å²) in [7, 11) is 0. The predicted octanol–water partition coefficient (Wildman–Crippen LogP) is 3.76. The lowest BCUT2D eigenvalue weighted by atomic mass is 10.1. The number of ether oxygens (including phenoxy) is 1. The van der Waals surface area contributed by atoms with E-state index in [-0.39, 0.29) is 6.61 Å². The first-order chi connectivity index (χ1) is 12.8. The number of thiophene rings is 1. The molecule has 0 radical (unpaired) electrons. The van der Waals surface area contributed by atoms with Crippen LogP contribution in [0.5, 0.6) is 5.75 Å². The number of fused-ring (bicyclic) bond motifs is 1. The molecule has 3 heterocycles. The minimum atomic E-state index is -0.533. The van der Waals surface area contributed by atoms with Crippen LogP contribution in [0, 0.1) is 5.92 Å². The minimum absolute atomic E-state index is 0.265. The van der Waals surface area contributed by atoms with E-state index in [2.05, 4.69) is 22.0 Å². The second-order valence-corrected chi connectivity index (χ2v) is 8.07. The van der Waals surface area contributed by atoms with E-state index in [1.165, 1.54) is 0 Å². The Kier molecular flexibility index (Phi) is 5.59. The highest BCUT2D eigenvalue weighted by Crippen LogP contribution is 2.32. The first kappa shape index (κ1) is 17.6. The highest BCUT2D eigenvalue weighted by atomic mass is 32.2. The number of hydrogen-bond donors (Lipinski definition) is 2. The second kappa shape index (κ2) is 8.26. The second-order valence-electron chi connectivity index (χ2n) is 6.21. The number of nitrogens with zero attached hydrogens (tertiary/aromatic N) is 1. The van der Waals surface area contributed by atoms with Crippen LogP contribution in [0.2, 0.25) is 0 Å². The summed E-state index contributed by atoms with van der Waals surface area (Å²) in [5.41, 5.74) is 2.65. The number of thioether (sulfide) groups is 1. The molecule has 5 nitrogen and oxygen atoms in total. The molecule has 0 amide bonds. The van der Waals surface area contributed by atoms with Crippen molar-refractivity contribution >= 4 is 33.4 Å². The molecule has 0 aliphatic carbocycles. The average molecular weight is 389 g/mol. The van der Waals surface area contributed by atoms with Gasteiger partial charge in [-0.15, -0.1) is 23.1 Å². The third kappa shape index (κ3) is 4.12. The molecule has 0 spiro atoms. The van der Waals surface area contributed by atoms with E-state index in [1.54, 1.807) is 11.3 Å². The van der Waals surface area contributed by atoms with Crippen molar-refractivity contribution in [2.24, 2.45) is 5.92 Å². The quantitative estimate of drug-likeness (QED) is 0.612. The van der Waals surface area contributed by atoms with E-state index in [1.807, 2.05) is 47.5 Å². The molecule has 1 aliphatic rings. The molecule has 0 bridgehead atoms. The van der Waals surface area contributed by atoms with Gasteiger partial charge in [-0.05, 0) is 47.0 Å². The Balaban J connectivity index is 1.26. The minimum Gasteiger partial charge on any atom is -0.491 e. The van der Waals surface area contributed by atoms with Gasteiger partial charge in [-0.1, -0.05) is 11.2 Å². The topological polar surface area (TPSA) is 67.5 Å². The fraction of sp³-hybridized carbons (Fsp3) is 0.316. The summed E-state index contributed by atoms with van der Waals surface area (Å²) in [6, 6.07) is 9.63. The van der Waals surface area contributed by atoms with Crippen LogP contribution in [0.1, 0.15) is 0 Å². The molecule has 2 N–H and O–H groups in total. The maximum atomic E-state index is 10.1. The summed E-state index contributed by atoms with van der Waals surface area (Å²) in [5, 5.41) is 21.6. The lowest BCUT2D eigenvalue weighted by Gasteiger charge is -2.15. The number of nitrogens with one attached hydrogen (secondary N) is 1. The number of aromatic nitrogens is 1. The smallest absolute Gasteiger partial charge is 0.178 e. The van der Waals surface area contributed by atoms with Crippen molar-refractivity contribution in [3.8, 4) is 17.0 Å². The lowest BCUT2D eigenvalue weighted by Crippen LogP contribution is -2.34. The Bertz CT molecular complexity index is 872. The summed E-state index contributed by atoms with van der Waals surface area (Å²) in [6.07, 6.45) is 1.68. The summed E-state index contributed by atoms with van der Waals surface area (Å²) < 4.78 is 12.0. The van der Waals surface area contributed by atoms with Gasteiger partial charge >= 0.3 is 0 Å². The molecule has 1 unspecified atom stereocenters. The number of aliphatic hydroxyl groups excluding tert-OH is 1. The van der Waals surface area contributed by atoms with Gasteiger partial charge in [0.05, 0.1) is 0 Å². The third-order valence-corrected chi connectivity index (χ3v) is 6.07. The first-order valence-corrected chi connectivity index (χ1v) is 10.5. The van der Waals surface area contributed by atoms with Gasteiger partial charge in [-0.2, -0.15) is 0 Å². The zero-order valence-electron chi connectivity index (χ0n) is 14.1. The lowest BCUT2D eigenvalue weighted by molar-refractivity contribution is 0.106. The largest absolute Gasteiger partial charge is 0.491 e. The molecule has 0 fully saturated rings. The molecule has 7 heteroatoms. The molecule has 2 atom stereocenters. The number of hydrogen-bond acceptors (Lipinski definition) is 7. The standard InChI is InChI=1S/C19H20N2O3S2/c22-15(10-20-9-13-5-7-25-12-13)11-23-16-3-1-14(2-4-16)18-19-17(24-21-18)6-8-26-19/h1-8,13,15,20,22H,9-12H2/t13?,15-/m1/s1. The Hall–Kier alpha value is -1.80. The van der Waals surface area contributed by atoms with Gasteiger partial charge in [0.25, 0.3) is 0 Å². The molecule has 1 aromatic carbocycles.